The Balaban J connectivity index is 1.99. The molecule has 0 amide bonds. The zero-order valence-electron chi connectivity index (χ0n) is 12.2. The van der Waals surface area contributed by atoms with Crippen LogP contribution in [-0.2, 0) is 0 Å². The fourth-order valence-electron chi connectivity index (χ4n) is 3.64. The fraction of sp³-hybridized carbons (Fsp3) is 0.471. The number of rotatable bonds is 3. The molecule has 0 bridgehead atoms. The van der Waals surface area contributed by atoms with Crippen molar-refractivity contribution in [2.45, 2.75) is 25.2 Å². The summed E-state index contributed by atoms with van der Waals surface area (Å²) >= 11 is 0. The van der Waals surface area contributed by atoms with Crippen molar-refractivity contribution in [3.8, 4) is 0 Å². The smallest absolute Gasteiger partial charge is 0.187 e. The molecular formula is C17H21N3. The Labute approximate surface area is 120 Å². The van der Waals surface area contributed by atoms with E-state index in [1.807, 2.05) is 18.2 Å². The number of H-pyrrole nitrogens is 1. The first-order valence-corrected chi connectivity index (χ1v) is 7.32. The van der Waals surface area contributed by atoms with E-state index in [1.54, 1.807) is 0 Å². The van der Waals surface area contributed by atoms with Crippen LogP contribution < -0.4 is 0 Å². The van der Waals surface area contributed by atoms with Crippen LogP contribution in [0.3, 0.4) is 0 Å². The van der Waals surface area contributed by atoms with E-state index in [0.717, 1.165) is 23.7 Å². The third kappa shape index (κ3) is 2.32. The van der Waals surface area contributed by atoms with Gasteiger partial charge in [0, 0.05) is 18.3 Å². The summed E-state index contributed by atoms with van der Waals surface area (Å²) in [6.45, 7) is 8.34. The molecule has 2 atom stereocenters. The molecule has 104 valence electrons. The lowest BCUT2D eigenvalue weighted by Gasteiger charge is -2.23. The van der Waals surface area contributed by atoms with Crippen LogP contribution in [0.15, 0.2) is 24.4 Å². The zero-order chi connectivity index (χ0) is 14.1. The molecule has 2 aromatic rings. The number of nitrogens with one attached hydrogen (secondary N) is 1. The summed E-state index contributed by atoms with van der Waals surface area (Å²) in [6, 6.07) is 5.96. The maximum atomic E-state index is 7.19. The van der Waals surface area contributed by atoms with Gasteiger partial charge in [-0.15, -0.1) is 0 Å². The van der Waals surface area contributed by atoms with Crippen LogP contribution in [0.2, 0.25) is 0 Å². The number of aromatic amines is 1. The predicted molar refractivity (Wildman–Crippen MR) is 83.2 cm³/mol. The monoisotopic (exact) mass is 267 g/mol. The lowest BCUT2D eigenvalue weighted by Crippen LogP contribution is -2.23. The van der Waals surface area contributed by atoms with Gasteiger partial charge in [-0.05, 0) is 61.9 Å². The molecule has 3 rings (SSSR count). The van der Waals surface area contributed by atoms with Crippen molar-refractivity contribution in [1.82, 2.24) is 9.88 Å². The average Bonchev–Trinajstić information content (AvgIpc) is 3.03. The van der Waals surface area contributed by atoms with Crippen LogP contribution in [0.5, 0.6) is 0 Å². The maximum Gasteiger partial charge on any atom is 0.187 e. The molecule has 1 saturated carbocycles. The number of fused-ring (bicyclic) bond motifs is 1. The van der Waals surface area contributed by atoms with Gasteiger partial charge in [-0.25, -0.2) is 4.85 Å². The van der Waals surface area contributed by atoms with Gasteiger partial charge in [0.2, 0.25) is 0 Å². The minimum atomic E-state index is 0.632. The second-order valence-corrected chi connectivity index (χ2v) is 6.15. The Morgan fingerprint density at radius 1 is 1.35 bits per heavy atom. The van der Waals surface area contributed by atoms with E-state index in [4.69, 9.17) is 6.57 Å². The third-order valence-electron chi connectivity index (χ3n) is 4.48. The Bertz CT molecular complexity index is 648. The first-order valence-electron chi connectivity index (χ1n) is 7.32. The first-order chi connectivity index (χ1) is 9.69. The molecule has 1 aliphatic rings. The summed E-state index contributed by atoms with van der Waals surface area (Å²) in [5.74, 6) is 1.37. The van der Waals surface area contributed by atoms with Crippen molar-refractivity contribution in [3.05, 3.63) is 41.4 Å². The molecule has 1 N–H and O–H groups in total. The van der Waals surface area contributed by atoms with Crippen LogP contribution in [-0.4, -0.2) is 30.5 Å². The molecule has 1 fully saturated rings. The van der Waals surface area contributed by atoms with Gasteiger partial charge in [-0.2, -0.15) is 0 Å². The third-order valence-corrected chi connectivity index (χ3v) is 4.48. The van der Waals surface area contributed by atoms with Crippen molar-refractivity contribution in [1.29, 1.82) is 0 Å². The Kier molecular flexibility index (Phi) is 3.50. The lowest BCUT2D eigenvalue weighted by molar-refractivity contribution is 0.310. The van der Waals surface area contributed by atoms with E-state index < -0.39 is 0 Å². The number of aromatic nitrogens is 1. The molecule has 0 radical (unpaired) electrons. The van der Waals surface area contributed by atoms with Crippen LogP contribution in [0.25, 0.3) is 15.7 Å². The number of hydrogen-bond acceptors (Lipinski definition) is 1. The molecule has 3 nitrogen and oxygen atoms in total. The summed E-state index contributed by atoms with van der Waals surface area (Å²) in [7, 11) is 4.31. The van der Waals surface area contributed by atoms with E-state index in [2.05, 4.69) is 35.0 Å². The van der Waals surface area contributed by atoms with E-state index in [1.165, 1.54) is 30.2 Å². The summed E-state index contributed by atoms with van der Waals surface area (Å²) in [5.41, 5.74) is 3.30. The average molecular weight is 267 g/mol. The fourth-order valence-corrected chi connectivity index (χ4v) is 3.64. The predicted octanol–water partition coefficient (Wildman–Crippen LogP) is 4.16. The molecule has 20 heavy (non-hydrogen) atoms. The molecule has 0 spiro atoms. The standard InChI is InChI=1S/C17H21N3/c1-18-13-7-8-17-15(9-13)16(10-19-17)14-6-4-5-12(14)11-20(2)3/h7-10,12,14,19H,4-6,11H2,2-3H3. The van der Waals surface area contributed by atoms with Crippen molar-refractivity contribution in [2.75, 3.05) is 20.6 Å². The Hall–Kier alpha value is -1.79. The second-order valence-electron chi connectivity index (χ2n) is 6.15. The van der Waals surface area contributed by atoms with Gasteiger partial charge in [0.25, 0.3) is 0 Å². The van der Waals surface area contributed by atoms with Gasteiger partial charge < -0.3 is 9.88 Å². The van der Waals surface area contributed by atoms with E-state index >= 15 is 0 Å². The zero-order valence-corrected chi connectivity index (χ0v) is 12.2. The minimum absolute atomic E-state index is 0.632. The largest absolute Gasteiger partial charge is 0.361 e. The first kappa shape index (κ1) is 13.2. The van der Waals surface area contributed by atoms with Gasteiger partial charge in [-0.1, -0.05) is 12.5 Å². The Morgan fingerprint density at radius 2 is 2.20 bits per heavy atom. The van der Waals surface area contributed by atoms with Gasteiger partial charge >= 0.3 is 0 Å². The highest BCUT2D eigenvalue weighted by Gasteiger charge is 2.30. The van der Waals surface area contributed by atoms with Gasteiger partial charge in [0.1, 0.15) is 0 Å². The normalized spacial score (nSPS) is 22.5. The van der Waals surface area contributed by atoms with Crippen LogP contribution >= 0.6 is 0 Å². The number of nitrogens with zero attached hydrogens (tertiary/aromatic N) is 2. The van der Waals surface area contributed by atoms with Crippen molar-refractivity contribution < 1.29 is 0 Å². The highest BCUT2D eigenvalue weighted by molar-refractivity contribution is 5.87. The highest BCUT2D eigenvalue weighted by atomic mass is 15.1. The van der Waals surface area contributed by atoms with E-state index in [9.17, 15) is 0 Å². The summed E-state index contributed by atoms with van der Waals surface area (Å²) in [5, 5.41) is 1.24. The summed E-state index contributed by atoms with van der Waals surface area (Å²) in [6.07, 6.45) is 6.07. The number of benzene rings is 1. The summed E-state index contributed by atoms with van der Waals surface area (Å²) in [4.78, 5) is 9.23. The van der Waals surface area contributed by atoms with Crippen LogP contribution in [0.1, 0.15) is 30.7 Å². The molecule has 1 heterocycles. The highest BCUT2D eigenvalue weighted by Crippen LogP contribution is 2.42. The topological polar surface area (TPSA) is 23.4 Å². The van der Waals surface area contributed by atoms with Gasteiger partial charge in [0.15, 0.2) is 5.69 Å². The Morgan fingerprint density at radius 3 is 2.95 bits per heavy atom. The SMILES string of the molecule is [C-]#[N+]c1ccc2[nH]cc(C3CCCC3CN(C)C)c2c1. The van der Waals surface area contributed by atoms with E-state index in [0.29, 0.717) is 5.92 Å². The molecule has 1 aromatic heterocycles. The molecule has 1 aliphatic carbocycles. The van der Waals surface area contributed by atoms with Crippen molar-refractivity contribution in [3.63, 3.8) is 0 Å². The van der Waals surface area contributed by atoms with Crippen LogP contribution in [0, 0.1) is 12.5 Å². The molecule has 3 heteroatoms. The molecule has 1 aromatic carbocycles. The molecule has 0 aliphatic heterocycles. The number of hydrogen-bond donors (Lipinski definition) is 1. The molecular weight excluding hydrogens is 246 g/mol. The maximum absolute atomic E-state index is 7.19. The second kappa shape index (κ2) is 5.30. The van der Waals surface area contributed by atoms with E-state index in [-0.39, 0.29) is 0 Å². The van der Waals surface area contributed by atoms with Crippen molar-refractivity contribution in [2.24, 2.45) is 5.92 Å². The molecule has 0 saturated heterocycles. The quantitative estimate of drug-likeness (QED) is 0.829. The molecule has 2 unspecified atom stereocenters. The van der Waals surface area contributed by atoms with Gasteiger partial charge in [-0.3, -0.25) is 0 Å². The minimum Gasteiger partial charge on any atom is -0.361 e. The lowest BCUT2D eigenvalue weighted by atomic mass is 9.88. The van der Waals surface area contributed by atoms with Crippen LogP contribution in [0.4, 0.5) is 5.69 Å². The van der Waals surface area contributed by atoms with Crippen molar-refractivity contribution >= 4 is 16.6 Å². The van der Waals surface area contributed by atoms with Gasteiger partial charge in [0.05, 0.1) is 6.57 Å². The summed E-state index contributed by atoms with van der Waals surface area (Å²) < 4.78 is 0.